The highest BCUT2D eigenvalue weighted by atomic mass is 15.3. The maximum absolute atomic E-state index is 4.41. The van der Waals surface area contributed by atoms with Crippen molar-refractivity contribution in [1.82, 2.24) is 20.1 Å². The summed E-state index contributed by atoms with van der Waals surface area (Å²) in [6.45, 7) is 6.46. The van der Waals surface area contributed by atoms with Crippen LogP contribution in [-0.2, 0) is 12.8 Å². The quantitative estimate of drug-likeness (QED) is 0.851. The molecule has 4 nitrogen and oxygen atoms in total. The van der Waals surface area contributed by atoms with E-state index in [1.54, 1.807) is 6.33 Å². The maximum Gasteiger partial charge on any atom is 0.138 e. The van der Waals surface area contributed by atoms with Gasteiger partial charge in [-0.15, -0.1) is 0 Å². The normalized spacial score (nSPS) is 12.8. The van der Waals surface area contributed by atoms with Gasteiger partial charge in [-0.1, -0.05) is 24.3 Å². The summed E-state index contributed by atoms with van der Waals surface area (Å²) in [5.41, 5.74) is 2.81. The lowest BCUT2D eigenvalue weighted by Gasteiger charge is -2.18. The van der Waals surface area contributed by atoms with Gasteiger partial charge in [-0.2, -0.15) is 5.10 Å². The molecule has 2 aromatic rings. The van der Waals surface area contributed by atoms with Gasteiger partial charge in [0.1, 0.15) is 12.2 Å². The van der Waals surface area contributed by atoms with Crippen LogP contribution in [0, 0.1) is 6.92 Å². The lowest BCUT2D eigenvalue weighted by molar-refractivity contribution is 0.457. The van der Waals surface area contributed by atoms with Crippen molar-refractivity contribution in [3.05, 3.63) is 47.5 Å². The molecule has 1 aromatic heterocycles. The predicted molar refractivity (Wildman–Crippen MR) is 86.5 cm³/mol. The first-order chi connectivity index (χ1) is 10.1. The maximum atomic E-state index is 4.41. The van der Waals surface area contributed by atoms with E-state index < -0.39 is 0 Å². The number of rotatable bonds is 7. The lowest BCUT2D eigenvalue weighted by atomic mass is 9.99. The van der Waals surface area contributed by atoms with Crippen LogP contribution in [0.15, 0.2) is 30.6 Å². The van der Waals surface area contributed by atoms with E-state index >= 15 is 0 Å². The summed E-state index contributed by atoms with van der Waals surface area (Å²) in [5, 5.41) is 7.73. The fraction of sp³-hybridized carbons (Fsp3) is 0.529. The predicted octanol–water partition coefficient (Wildman–Crippen LogP) is 2.93. The van der Waals surface area contributed by atoms with Crippen LogP contribution in [-0.4, -0.2) is 27.9 Å². The first-order valence-electron chi connectivity index (χ1n) is 7.72. The van der Waals surface area contributed by atoms with Gasteiger partial charge in [-0.25, -0.2) is 9.67 Å². The molecule has 0 spiro atoms. The number of hydrogen-bond acceptors (Lipinski definition) is 3. The third kappa shape index (κ3) is 4.14. The summed E-state index contributed by atoms with van der Waals surface area (Å²) in [6.07, 6.45) is 4.77. The van der Waals surface area contributed by atoms with Crippen molar-refractivity contribution in [3.63, 3.8) is 0 Å². The molecular formula is C17H26N4. The van der Waals surface area contributed by atoms with Gasteiger partial charge in [0.15, 0.2) is 0 Å². The van der Waals surface area contributed by atoms with Gasteiger partial charge >= 0.3 is 0 Å². The first-order valence-corrected chi connectivity index (χ1v) is 7.72. The second kappa shape index (κ2) is 7.36. The van der Waals surface area contributed by atoms with Crippen molar-refractivity contribution >= 4 is 0 Å². The van der Waals surface area contributed by atoms with Crippen LogP contribution in [0.3, 0.4) is 0 Å². The Balaban J connectivity index is 1.97. The van der Waals surface area contributed by atoms with Gasteiger partial charge in [-0.3, -0.25) is 0 Å². The Bertz CT molecular complexity index is 559. The lowest BCUT2D eigenvalue weighted by Crippen LogP contribution is -2.30. The van der Waals surface area contributed by atoms with E-state index in [2.05, 4.69) is 60.4 Å². The number of aromatic nitrogens is 3. The van der Waals surface area contributed by atoms with Crippen LogP contribution in [0.4, 0.5) is 0 Å². The monoisotopic (exact) mass is 286 g/mol. The van der Waals surface area contributed by atoms with Crippen LogP contribution in [0.5, 0.6) is 0 Å². The summed E-state index contributed by atoms with van der Waals surface area (Å²) < 4.78 is 2.01. The highest BCUT2D eigenvalue weighted by Gasteiger charge is 2.14. The molecule has 1 N–H and O–H groups in total. The fourth-order valence-electron chi connectivity index (χ4n) is 2.64. The van der Waals surface area contributed by atoms with Gasteiger partial charge < -0.3 is 5.32 Å². The zero-order valence-electron chi connectivity index (χ0n) is 13.5. The Morgan fingerprint density at radius 3 is 2.67 bits per heavy atom. The molecule has 1 atom stereocenters. The smallest absolute Gasteiger partial charge is 0.138 e. The van der Waals surface area contributed by atoms with E-state index in [4.69, 9.17) is 0 Å². The van der Waals surface area contributed by atoms with Crippen molar-refractivity contribution in [2.45, 2.75) is 52.1 Å². The Labute approximate surface area is 127 Å². The Hall–Kier alpha value is -1.68. The Morgan fingerprint density at radius 2 is 2.00 bits per heavy atom. The summed E-state index contributed by atoms with van der Waals surface area (Å²) >= 11 is 0. The van der Waals surface area contributed by atoms with E-state index in [-0.39, 0.29) is 0 Å². The number of nitrogens with one attached hydrogen (secondary N) is 1. The molecule has 4 heteroatoms. The topological polar surface area (TPSA) is 42.7 Å². The number of hydrogen-bond donors (Lipinski definition) is 1. The molecule has 0 aliphatic heterocycles. The second-order valence-electron chi connectivity index (χ2n) is 5.87. The molecular weight excluding hydrogens is 260 g/mol. The molecule has 0 aliphatic carbocycles. The third-order valence-electron chi connectivity index (χ3n) is 4.00. The highest BCUT2D eigenvalue weighted by molar-refractivity contribution is 5.25. The standard InChI is InChI=1S/C17H26N4/c1-13(2)21-17(19-12-20-21)11-16(18-4)10-9-15-8-6-5-7-14(15)3/h5-8,12-13,16,18H,9-11H2,1-4H3. The average Bonchev–Trinajstić information content (AvgIpc) is 2.93. The molecule has 114 valence electrons. The largest absolute Gasteiger partial charge is 0.317 e. The average molecular weight is 286 g/mol. The van der Waals surface area contributed by atoms with E-state index in [0.29, 0.717) is 12.1 Å². The molecule has 0 saturated carbocycles. The van der Waals surface area contributed by atoms with E-state index in [9.17, 15) is 0 Å². The minimum absolute atomic E-state index is 0.358. The minimum Gasteiger partial charge on any atom is -0.317 e. The summed E-state index contributed by atoms with van der Waals surface area (Å²) in [6, 6.07) is 9.39. The van der Waals surface area contributed by atoms with Crippen LogP contribution in [0.1, 0.15) is 43.3 Å². The Kier molecular flexibility index (Phi) is 5.51. The molecule has 1 aromatic carbocycles. The van der Waals surface area contributed by atoms with Crippen molar-refractivity contribution < 1.29 is 0 Å². The first kappa shape index (κ1) is 15.7. The molecule has 0 radical (unpaired) electrons. The molecule has 0 saturated heterocycles. The summed E-state index contributed by atoms with van der Waals surface area (Å²) in [5.74, 6) is 1.06. The molecule has 21 heavy (non-hydrogen) atoms. The van der Waals surface area contributed by atoms with Gasteiger partial charge in [0.25, 0.3) is 0 Å². The van der Waals surface area contributed by atoms with Crippen molar-refractivity contribution in [2.24, 2.45) is 0 Å². The SMILES string of the molecule is CNC(CCc1ccccc1C)Cc1ncnn1C(C)C. The van der Waals surface area contributed by atoms with Crippen molar-refractivity contribution in [3.8, 4) is 0 Å². The van der Waals surface area contributed by atoms with Crippen molar-refractivity contribution in [1.29, 1.82) is 0 Å². The number of benzene rings is 1. The Morgan fingerprint density at radius 1 is 1.24 bits per heavy atom. The van der Waals surface area contributed by atoms with Crippen LogP contribution in [0.2, 0.25) is 0 Å². The zero-order chi connectivity index (χ0) is 15.2. The van der Waals surface area contributed by atoms with Gasteiger partial charge in [0.05, 0.1) is 0 Å². The van der Waals surface area contributed by atoms with Crippen LogP contribution in [0.25, 0.3) is 0 Å². The number of likely N-dealkylation sites (N-methyl/N-ethyl adjacent to an activating group) is 1. The van der Waals surface area contributed by atoms with Gasteiger partial charge in [-0.05, 0) is 51.8 Å². The fourth-order valence-corrected chi connectivity index (χ4v) is 2.64. The molecule has 0 bridgehead atoms. The van der Waals surface area contributed by atoms with E-state index in [1.807, 2.05) is 11.7 Å². The van der Waals surface area contributed by atoms with Crippen LogP contribution >= 0.6 is 0 Å². The zero-order valence-corrected chi connectivity index (χ0v) is 13.5. The molecule has 1 unspecified atom stereocenters. The summed E-state index contributed by atoms with van der Waals surface area (Å²) in [7, 11) is 2.03. The number of aryl methyl sites for hydroxylation is 2. The van der Waals surface area contributed by atoms with Gasteiger partial charge in [0, 0.05) is 18.5 Å². The highest BCUT2D eigenvalue weighted by Crippen LogP contribution is 2.13. The molecule has 1 heterocycles. The molecule has 2 rings (SSSR count). The number of nitrogens with zero attached hydrogens (tertiary/aromatic N) is 3. The van der Waals surface area contributed by atoms with Crippen molar-refractivity contribution in [2.75, 3.05) is 7.05 Å². The van der Waals surface area contributed by atoms with E-state index in [0.717, 1.165) is 25.1 Å². The third-order valence-corrected chi connectivity index (χ3v) is 4.00. The molecule has 0 amide bonds. The molecule has 0 fully saturated rings. The van der Waals surface area contributed by atoms with E-state index in [1.165, 1.54) is 11.1 Å². The summed E-state index contributed by atoms with van der Waals surface area (Å²) in [4.78, 5) is 4.41. The second-order valence-corrected chi connectivity index (χ2v) is 5.87. The minimum atomic E-state index is 0.358. The molecule has 0 aliphatic rings. The van der Waals surface area contributed by atoms with Gasteiger partial charge in [0.2, 0.25) is 0 Å². The van der Waals surface area contributed by atoms with Crippen LogP contribution < -0.4 is 5.32 Å².